The summed E-state index contributed by atoms with van der Waals surface area (Å²) in [5.41, 5.74) is 2.47. The Kier molecular flexibility index (Phi) is 5.92. The van der Waals surface area contributed by atoms with Crippen molar-refractivity contribution in [2.45, 2.75) is 24.8 Å². The molecule has 29 heavy (non-hydrogen) atoms. The van der Waals surface area contributed by atoms with Crippen molar-refractivity contribution in [1.82, 2.24) is 20.3 Å². The molecule has 1 aliphatic heterocycles. The molecule has 150 valence electrons. The number of ether oxygens (including phenoxy) is 1. The van der Waals surface area contributed by atoms with Crippen LogP contribution >= 0.6 is 11.6 Å². The zero-order chi connectivity index (χ0) is 20.1. The van der Waals surface area contributed by atoms with Gasteiger partial charge >= 0.3 is 0 Å². The van der Waals surface area contributed by atoms with E-state index < -0.39 is 0 Å². The molecule has 1 saturated heterocycles. The van der Waals surface area contributed by atoms with Crippen molar-refractivity contribution in [3.63, 3.8) is 0 Å². The molecule has 4 rings (SSSR count). The average molecular weight is 411 g/mol. The quantitative estimate of drug-likeness (QED) is 0.675. The van der Waals surface area contributed by atoms with Gasteiger partial charge in [-0.05, 0) is 36.1 Å². The Morgan fingerprint density at radius 2 is 1.83 bits per heavy atom. The lowest BCUT2D eigenvalue weighted by Gasteiger charge is -2.37. The molecule has 0 bridgehead atoms. The van der Waals surface area contributed by atoms with Gasteiger partial charge in [-0.3, -0.25) is 4.79 Å². The zero-order valence-corrected chi connectivity index (χ0v) is 16.8. The second-order valence-corrected chi connectivity index (χ2v) is 7.81. The molecule has 0 atom stereocenters. The summed E-state index contributed by atoms with van der Waals surface area (Å²) in [6, 6.07) is 17.9. The van der Waals surface area contributed by atoms with Crippen molar-refractivity contribution < 1.29 is 9.53 Å². The van der Waals surface area contributed by atoms with Gasteiger partial charge in [-0.15, -0.1) is 5.10 Å². The van der Waals surface area contributed by atoms with Gasteiger partial charge in [0, 0.05) is 30.2 Å². The maximum Gasteiger partial charge on any atom is 0.273 e. The maximum atomic E-state index is 12.7. The van der Waals surface area contributed by atoms with Gasteiger partial charge in [0.25, 0.3) is 5.91 Å². The number of halogens is 1. The van der Waals surface area contributed by atoms with Crippen LogP contribution in [0.25, 0.3) is 0 Å². The summed E-state index contributed by atoms with van der Waals surface area (Å²) in [7, 11) is 0. The van der Waals surface area contributed by atoms with E-state index >= 15 is 0 Å². The molecule has 0 aliphatic carbocycles. The van der Waals surface area contributed by atoms with Crippen LogP contribution in [0.15, 0.2) is 60.8 Å². The molecule has 2 aromatic carbocycles. The number of carbonyl (C=O) groups excluding carboxylic acids is 1. The molecule has 6 nitrogen and oxygen atoms in total. The van der Waals surface area contributed by atoms with E-state index in [9.17, 15) is 4.79 Å². The molecular formula is C22H23ClN4O2. The van der Waals surface area contributed by atoms with Crippen molar-refractivity contribution in [3.05, 3.63) is 82.6 Å². The van der Waals surface area contributed by atoms with E-state index in [1.54, 1.807) is 10.9 Å². The van der Waals surface area contributed by atoms with Gasteiger partial charge in [-0.1, -0.05) is 59.3 Å². The van der Waals surface area contributed by atoms with Gasteiger partial charge in [-0.25, -0.2) is 4.68 Å². The Balaban J connectivity index is 1.42. The number of carbonyl (C=O) groups is 1. The molecule has 0 unspecified atom stereocenters. The first-order chi connectivity index (χ1) is 14.1. The molecular weight excluding hydrogens is 388 g/mol. The van der Waals surface area contributed by atoms with E-state index in [2.05, 4.69) is 27.8 Å². The van der Waals surface area contributed by atoms with Crippen LogP contribution in [0, 0.1) is 0 Å². The number of rotatable bonds is 6. The zero-order valence-electron chi connectivity index (χ0n) is 16.1. The Bertz CT molecular complexity index is 950. The summed E-state index contributed by atoms with van der Waals surface area (Å²) in [5.74, 6) is -0.214. The number of nitrogens with zero attached hydrogens (tertiary/aromatic N) is 3. The second-order valence-electron chi connectivity index (χ2n) is 7.37. The summed E-state index contributed by atoms with van der Waals surface area (Å²) in [6.07, 6.45) is 3.42. The van der Waals surface area contributed by atoms with E-state index in [4.69, 9.17) is 16.3 Å². The highest BCUT2D eigenvalue weighted by atomic mass is 35.5. The highest BCUT2D eigenvalue weighted by Gasteiger charge is 2.35. The average Bonchev–Trinajstić information content (AvgIpc) is 3.24. The third kappa shape index (κ3) is 4.66. The highest BCUT2D eigenvalue weighted by molar-refractivity contribution is 6.30. The fourth-order valence-electron chi connectivity index (χ4n) is 3.72. The lowest BCUT2D eigenvalue weighted by molar-refractivity contribution is 0.0486. The molecule has 1 N–H and O–H groups in total. The largest absolute Gasteiger partial charge is 0.381 e. The van der Waals surface area contributed by atoms with Crippen LogP contribution in [0.1, 0.15) is 34.5 Å². The lowest BCUT2D eigenvalue weighted by atomic mass is 9.74. The van der Waals surface area contributed by atoms with Crippen LogP contribution in [0.2, 0.25) is 5.02 Å². The minimum absolute atomic E-state index is 0.117. The maximum absolute atomic E-state index is 12.7. The summed E-state index contributed by atoms with van der Waals surface area (Å²) in [5, 5.41) is 11.9. The molecule has 0 radical (unpaired) electrons. The van der Waals surface area contributed by atoms with Crippen molar-refractivity contribution >= 4 is 17.5 Å². The fraction of sp³-hybridized carbons (Fsp3) is 0.318. The van der Waals surface area contributed by atoms with Crippen LogP contribution in [0.3, 0.4) is 0 Å². The molecule has 1 aromatic heterocycles. The third-order valence-electron chi connectivity index (χ3n) is 5.45. The second kappa shape index (κ2) is 8.76. The Morgan fingerprint density at radius 1 is 1.10 bits per heavy atom. The fourth-order valence-corrected chi connectivity index (χ4v) is 3.84. The molecule has 2 heterocycles. The van der Waals surface area contributed by atoms with Crippen molar-refractivity contribution in [1.29, 1.82) is 0 Å². The number of hydrogen-bond donors (Lipinski definition) is 1. The van der Waals surface area contributed by atoms with Gasteiger partial charge in [0.05, 0.1) is 12.7 Å². The topological polar surface area (TPSA) is 69.0 Å². The molecule has 1 fully saturated rings. The van der Waals surface area contributed by atoms with Crippen LogP contribution in [0.4, 0.5) is 0 Å². The summed E-state index contributed by atoms with van der Waals surface area (Å²) in [4.78, 5) is 12.7. The molecule has 0 spiro atoms. The normalized spacial score (nSPS) is 15.8. The monoisotopic (exact) mass is 410 g/mol. The Hall–Kier alpha value is -2.70. The van der Waals surface area contributed by atoms with Gasteiger partial charge in [-0.2, -0.15) is 0 Å². The van der Waals surface area contributed by atoms with Crippen LogP contribution in [0.5, 0.6) is 0 Å². The number of benzene rings is 2. The van der Waals surface area contributed by atoms with Crippen LogP contribution in [-0.2, 0) is 16.7 Å². The predicted octanol–water partition coefficient (Wildman–Crippen LogP) is 3.46. The first-order valence-corrected chi connectivity index (χ1v) is 10.1. The third-order valence-corrected chi connectivity index (χ3v) is 5.70. The smallest absolute Gasteiger partial charge is 0.273 e. The summed E-state index contributed by atoms with van der Waals surface area (Å²) in [6.45, 7) is 2.47. The van der Waals surface area contributed by atoms with Crippen molar-refractivity contribution in [2.24, 2.45) is 0 Å². The summed E-state index contributed by atoms with van der Waals surface area (Å²) < 4.78 is 7.21. The number of amides is 1. The van der Waals surface area contributed by atoms with Gasteiger partial charge in [0.15, 0.2) is 5.69 Å². The standard InChI is InChI=1S/C22H23ClN4O2/c23-19-8-6-17(7-9-19)14-27-15-20(25-26-27)21(28)24-16-22(10-12-29-13-11-22)18-4-2-1-3-5-18/h1-9,15H,10-14,16H2,(H,24,28). The summed E-state index contributed by atoms with van der Waals surface area (Å²) >= 11 is 5.92. The first-order valence-electron chi connectivity index (χ1n) is 9.71. The Morgan fingerprint density at radius 3 is 2.55 bits per heavy atom. The number of aromatic nitrogens is 3. The van der Waals surface area contributed by atoms with Crippen molar-refractivity contribution in [3.8, 4) is 0 Å². The minimum atomic E-state index is -0.214. The van der Waals surface area contributed by atoms with Crippen LogP contribution < -0.4 is 5.32 Å². The van der Waals surface area contributed by atoms with Crippen LogP contribution in [-0.4, -0.2) is 40.7 Å². The Labute approximate surface area is 174 Å². The molecule has 7 heteroatoms. The van der Waals surface area contributed by atoms with E-state index in [-0.39, 0.29) is 11.3 Å². The van der Waals surface area contributed by atoms with E-state index in [0.717, 1.165) is 18.4 Å². The van der Waals surface area contributed by atoms with Crippen molar-refractivity contribution in [2.75, 3.05) is 19.8 Å². The molecule has 1 aliphatic rings. The predicted molar refractivity (Wildman–Crippen MR) is 111 cm³/mol. The van der Waals surface area contributed by atoms with Gasteiger partial charge in [0.2, 0.25) is 0 Å². The SMILES string of the molecule is O=C(NCC1(c2ccccc2)CCOCC1)c1cn(Cc2ccc(Cl)cc2)nn1. The van der Waals surface area contributed by atoms with Gasteiger partial charge in [0.1, 0.15) is 0 Å². The molecule has 0 saturated carbocycles. The van der Waals surface area contributed by atoms with Gasteiger partial charge < -0.3 is 10.1 Å². The van der Waals surface area contributed by atoms with E-state index in [1.165, 1.54) is 5.56 Å². The van der Waals surface area contributed by atoms with E-state index in [0.29, 0.717) is 37.0 Å². The lowest BCUT2D eigenvalue weighted by Crippen LogP contribution is -2.44. The number of hydrogen-bond acceptors (Lipinski definition) is 4. The van der Waals surface area contributed by atoms with E-state index in [1.807, 2.05) is 42.5 Å². The molecule has 1 amide bonds. The minimum Gasteiger partial charge on any atom is -0.381 e. The highest BCUT2D eigenvalue weighted by Crippen LogP contribution is 2.34. The molecule has 3 aromatic rings. The number of nitrogens with one attached hydrogen (secondary N) is 1. The first kappa shape index (κ1) is 19.6.